The van der Waals surface area contributed by atoms with E-state index in [1.807, 2.05) is 18.2 Å². The predicted octanol–water partition coefficient (Wildman–Crippen LogP) is 4.23. The zero-order valence-corrected chi connectivity index (χ0v) is 18.3. The summed E-state index contributed by atoms with van der Waals surface area (Å²) < 4.78 is 18.5. The molecule has 1 N–H and O–H groups in total. The van der Waals surface area contributed by atoms with Crippen LogP contribution < -0.4 is 5.32 Å². The van der Waals surface area contributed by atoms with Gasteiger partial charge in [0.25, 0.3) is 0 Å². The van der Waals surface area contributed by atoms with Crippen LogP contribution in [0, 0.1) is 11.7 Å². The summed E-state index contributed by atoms with van der Waals surface area (Å²) in [5.41, 5.74) is 2.02. The number of aromatic nitrogens is 2. The number of hydrogen-bond donors (Lipinski definition) is 1. The summed E-state index contributed by atoms with van der Waals surface area (Å²) in [4.78, 5) is 19.3. The molecule has 1 unspecified atom stereocenters. The maximum Gasteiger partial charge on any atom is 0.241 e. The summed E-state index contributed by atoms with van der Waals surface area (Å²) in [6.45, 7) is 4.25. The number of nitrogens with one attached hydrogen (secondary N) is 1. The smallest absolute Gasteiger partial charge is 0.241 e. The maximum absolute atomic E-state index is 13.1. The Morgan fingerprint density at radius 1 is 1.16 bits per heavy atom. The molecule has 1 atom stereocenters. The number of hydrogen-bond acceptors (Lipinski definition) is 5. The average Bonchev–Trinajstić information content (AvgIpc) is 3.28. The normalized spacial score (nSPS) is 16.1. The SMILES string of the molecule is CC(CCc1ccccc1)NC(=O)C1CCN(Cc2nc(-c3ccc(F)cc3)no2)CC1. The van der Waals surface area contributed by atoms with Gasteiger partial charge in [-0.25, -0.2) is 4.39 Å². The van der Waals surface area contributed by atoms with E-state index in [0.29, 0.717) is 18.3 Å². The number of benzene rings is 2. The van der Waals surface area contributed by atoms with E-state index in [-0.39, 0.29) is 23.7 Å². The lowest BCUT2D eigenvalue weighted by Gasteiger charge is -2.30. The van der Waals surface area contributed by atoms with Crippen LogP contribution in [0.25, 0.3) is 11.4 Å². The Morgan fingerprint density at radius 2 is 1.88 bits per heavy atom. The molecule has 0 saturated carbocycles. The highest BCUT2D eigenvalue weighted by atomic mass is 19.1. The summed E-state index contributed by atoms with van der Waals surface area (Å²) in [5.74, 6) is 0.889. The summed E-state index contributed by atoms with van der Waals surface area (Å²) in [7, 11) is 0. The molecule has 0 spiro atoms. The van der Waals surface area contributed by atoms with E-state index in [9.17, 15) is 9.18 Å². The van der Waals surface area contributed by atoms with Crippen molar-refractivity contribution in [3.8, 4) is 11.4 Å². The first-order chi connectivity index (χ1) is 15.6. The molecular formula is C25H29FN4O2. The number of piperidine rings is 1. The Hall–Kier alpha value is -3.06. The van der Waals surface area contributed by atoms with Crippen LogP contribution >= 0.6 is 0 Å². The summed E-state index contributed by atoms with van der Waals surface area (Å²) in [6, 6.07) is 16.5. The molecule has 3 aromatic rings. The summed E-state index contributed by atoms with van der Waals surface area (Å²) in [6.07, 6.45) is 3.53. The van der Waals surface area contributed by atoms with Crippen molar-refractivity contribution in [3.05, 3.63) is 71.9 Å². The van der Waals surface area contributed by atoms with Gasteiger partial charge in [-0.1, -0.05) is 35.5 Å². The number of rotatable bonds is 8. The van der Waals surface area contributed by atoms with E-state index in [1.54, 1.807) is 12.1 Å². The average molecular weight is 437 g/mol. The second-order valence-electron chi connectivity index (χ2n) is 8.50. The van der Waals surface area contributed by atoms with E-state index in [2.05, 4.69) is 39.4 Å². The highest BCUT2D eigenvalue weighted by molar-refractivity contribution is 5.79. The van der Waals surface area contributed by atoms with Gasteiger partial charge in [0, 0.05) is 17.5 Å². The second kappa shape index (κ2) is 10.5. The minimum absolute atomic E-state index is 0.0443. The first-order valence-electron chi connectivity index (χ1n) is 11.2. The van der Waals surface area contributed by atoms with Crippen LogP contribution in [0.3, 0.4) is 0 Å². The van der Waals surface area contributed by atoms with Crippen LogP contribution in [-0.2, 0) is 17.8 Å². The van der Waals surface area contributed by atoms with Crippen molar-refractivity contribution >= 4 is 5.91 Å². The van der Waals surface area contributed by atoms with Crippen molar-refractivity contribution in [2.45, 2.75) is 45.2 Å². The van der Waals surface area contributed by atoms with Gasteiger partial charge in [-0.05, 0) is 75.5 Å². The number of likely N-dealkylation sites (tertiary alicyclic amines) is 1. The van der Waals surface area contributed by atoms with Crippen LogP contribution in [0.5, 0.6) is 0 Å². The monoisotopic (exact) mass is 436 g/mol. The molecular weight excluding hydrogens is 407 g/mol. The molecule has 1 aliphatic heterocycles. The highest BCUT2D eigenvalue weighted by Gasteiger charge is 2.26. The minimum Gasteiger partial charge on any atom is -0.353 e. The van der Waals surface area contributed by atoms with E-state index in [1.165, 1.54) is 17.7 Å². The first-order valence-corrected chi connectivity index (χ1v) is 11.2. The molecule has 168 valence electrons. The highest BCUT2D eigenvalue weighted by Crippen LogP contribution is 2.21. The number of aryl methyl sites for hydroxylation is 1. The Labute approximate surface area is 187 Å². The predicted molar refractivity (Wildman–Crippen MR) is 120 cm³/mol. The number of halogens is 1. The second-order valence-corrected chi connectivity index (χ2v) is 8.50. The van der Waals surface area contributed by atoms with Crippen LogP contribution in [0.1, 0.15) is 37.6 Å². The lowest BCUT2D eigenvalue weighted by atomic mass is 9.95. The van der Waals surface area contributed by atoms with Crippen LogP contribution in [0.2, 0.25) is 0 Å². The van der Waals surface area contributed by atoms with Gasteiger partial charge >= 0.3 is 0 Å². The molecule has 1 saturated heterocycles. The van der Waals surface area contributed by atoms with Crippen molar-refractivity contribution in [1.29, 1.82) is 0 Å². The van der Waals surface area contributed by atoms with Gasteiger partial charge in [0.05, 0.1) is 6.54 Å². The zero-order valence-electron chi connectivity index (χ0n) is 18.3. The third-order valence-electron chi connectivity index (χ3n) is 5.99. The fourth-order valence-electron chi connectivity index (χ4n) is 4.04. The number of carbonyl (C=O) groups excluding carboxylic acids is 1. The van der Waals surface area contributed by atoms with E-state index >= 15 is 0 Å². The maximum atomic E-state index is 13.1. The van der Waals surface area contributed by atoms with Crippen LogP contribution in [0.4, 0.5) is 4.39 Å². The number of nitrogens with zero attached hydrogens (tertiary/aromatic N) is 3. The van der Waals surface area contributed by atoms with Crippen molar-refractivity contribution in [2.24, 2.45) is 5.92 Å². The molecule has 1 aliphatic rings. The summed E-state index contributed by atoms with van der Waals surface area (Å²) in [5, 5.41) is 7.18. The molecule has 4 rings (SSSR count). The van der Waals surface area contributed by atoms with E-state index < -0.39 is 0 Å². The molecule has 1 amide bonds. The molecule has 32 heavy (non-hydrogen) atoms. The number of amides is 1. The first kappa shape index (κ1) is 22.1. The third-order valence-corrected chi connectivity index (χ3v) is 5.99. The molecule has 1 fully saturated rings. The molecule has 1 aromatic heterocycles. The number of carbonyl (C=O) groups is 1. The standard InChI is InChI=1S/C25H29FN4O2/c1-18(7-8-19-5-3-2-4-6-19)27-25(31)21-13-15-30(16-14-21)17-23-28-24(29-32-23)20-9-11-22(26)12-10-20/h2-6,9-12,18,21H,7-8,13-17H2,1H3,(H,27,31). The topological polar surface area (TPSA) is 71.3 Å². The molecule has 0 bridgehead atoms. The van der Waals surface area contributed by atoms with Gasteiger partial charge in [0.15, 0.2) is 0 Å². The van der Waals surface area contributed by atoms with E-state index in [0.717, 1.165) is 44.3 Å². The summed E-state index contributed by atoms with van der Waals surface area (Å²) >= 11 is 0. The van der Waals surface area contributed by atoms with Gasteiger partial charge in [0.2, 0.25) is 17.6 Å². The molecule has 0 radical (unpaired) electrons. The van der Waals surface area contributed by atoms with Crippen molar-refractivity contribution in [1.82, 2.24) is 20.4 Å². The fourth-order valence-corrected chi connectivity index (χ4v) is 4.04. The van der Waals surface area contributed by atoms with Crippen molar-refractivity contribution < 1.29 is 13.7 Å². The van der Waals surface area contributed by atoms with Gasteiger partial charge in [-0.3, -0.25) is 9.69 Å². The van der Waals surface area contributed by atoms with Crippen LogP contribution in [0.15, 0.2) is 59.1 Å². The van der Waals surface area contributed by atoms with Gasteiger partial charge < -0.3 is 9.84 Å². The molecule has 7 heteroatoms. The van der Waals surface area contributed by atoms with Crippen LogP contribution in [-0.4, -0.2) is 40.1 Å². The van der Waals surface area contributed by atoms with E-state index in [4.69, 9.17) is 4.52 Å². The zero-order chi connectivity index (χ0) is 22.3. The van der Waals surface area contributed by atoms with Gasteiger partial charge in [0.1, 0.15) is 5.82 Å². The Kier molecular flexibility index (Phi) is 7.27. The van der Waals surface area contributed by atoms with Crippen molar-refractivity contribution in [3.63, 3.8) is 0 Å². The molecule has 0 aliphatic carbocycles. The molecule has 2 aromatic carbocycles. The van der Waals surface area contributed by atoms with Crippen molar-refractivity contribution in [2.75, 3.05) is 13.1 Å². The van der Waals surface area contributed by atoms with Gasteiger partial charge in [-0.2, -0.15) is 4.98 Å². The Balaban J connectivity index is 1.20. The largest absolute Gasteiger partial charge is 0.353 e. The fraction of sp³-hybridized carbons (Fsp3) is 0.400. The third kappa shape index (κ3) is 6.01. The Morgan fingerprint density at radius 3 is 2.59 bits per heavy atom. The van der Waals surface area contributed by atoms with Gasteiger partial charge in [-0.15, -0.1) is 0 Å². The lowest BCUT2D eigenvalue weighted by molar-refractivity contribution is -0.127. The molecule has 6 nitrogen and oxygen atoms in total. The quantitative estimate of drug-likeness (QED) is 0.572. The Bertz CT molecular complexity index is 998. The lowest BCUT2D eigenvalue weighted by Crippen LogP contribution is -2.43. The minimum atomic E-state index is -0.296. The molecule has 2 heterocycles.